The van der Waals surface area contributed by atoms with Gasteiger partial charge in [0.1, 0.15) is 6.61 Å². The molecule has 1 atom stereocenters. The zero-order valence-electron chi connectivity index (χ0n) is 17.0. The van der Waals surface area contributed by atoms with Gasteiger partial charge in [-0.1, -0.05) is 51.6 Å². The predicted octanol–water partition coefficient (Wildman–Crippen LogP) is 3.72. The molecule has 2 amide bonds. The zero-order chi connectivity index (χ0) is 20.5. The van der Waals surface area contributed by atoms with Gasteiger partial charge in [-0.25, -0.2) is 4.79 Å². The SMILES string of the molecule is C=CCOC(=O)NC[C@@H](CNC(=O)c1ccccc1)O[Si](C)(C)C(C)(C)C. The third-order valence-electron chi connectivity index (χ3n) is 4.60. The van der Waals surface area contributed by atoms with Gasteiger partial charge in [-0.05, 0) is 30.3 Å². The number of amides is 2. The Labute approximate surface area is 163 Å². The average molecular weight is 393 g/mol. The Kier molecular flexibility index (Phi) is 8.72. The van der Waals surface area contributed by atoms with Crippen LogP contribution < -0.4 is 10.6 Å². The Morgan fingerprint density at radius 2 is 1.74 bits per heavy atom. The highest BCUT2D eigenvalue weighted by molar-refractivity contribution is 6.74. The molecule has 0 fully saturated rings. The Hall–Kier alpha value is -2.12. The van der Waals surface area contributed by atoms with Crippen molar-refractivity contribution in [3.8, 4) is 0 Å². The highest BCUT2D eigenvalue weighted by Gasteiger charge is 2.39. The molecule has 1 aromatic carbocycles. The van der Waals surface area contributed by atoms with Gasteiger partial charge in [0.2, 0.25) is 0 Å². The quantitative estimate of drug-likeness (QED) is 0.496. The van der Waals surface area contributed by atoms with Crippen LogP contribution in [-0.4, -0.2) is 46.1 Å². The van der Waals surface area contributed by atoms with Crippen LogP contribution in [0.1, 0.15) is 31.1 Å². The van der Waals surface area contributed by atoms with Crippen LogP contribution in [0, 0.1) is 0 Å². The maximum Gasteiger partial charge on any atom is 0.407 e. The van der Waals surface area contributed by atoms with Gasteiger partial charge >= 0.3 is 6.09 Å². The molecule has 0 aliphatic carbocycles. The van der Waals surface area contributed by atoms with Crippen molar-refractivity contribution in [1.82, 2.24) is 10.6 Å². The molecule has 0 aromatic heterocycles. The summed E-state index contributed by atoms with van der Waals surface area (Å²) in [5, 5.41) is 5.59. The maximum absolute atomic E-state index is 12.3. The van der Waals surface area contributed by atoms with Crippen LogP contribution in [0.4, 0.5) is 4.79 Å². The summed E-state index contributed by atoms with van der Waals surface area (Å²) in [4.78, 5) is 24.0. The second-order valence-electron chi connectivity index (χ2n) is 7.84. The Balaban J connectivity index is 2.73. The van der Waals surface area contributed by atoms with Crippen molar-refractivity contribution in [2.45, 2.75) is 45.0 Å². The summed E-state index contributed by atoms with van der Waals surface area (Å²) >= 11 is 0. The first-order chi connectivity index (χ1) is 12.6. The van der Waals surface area contributed by atoms with Gasteiger partial charge in [-0.15, -0.1) is 0 Å². The summed E-state index contributed by atoms with van der Waals surface area (Å²) in [5.41, 5.74) is 0.585. The van der Waals surface area contributed by atoms with Crippen molar-refractivity contribution in [3.63, 3.8) is 0 Å². The molecule has 1 aromatic rings. The lowest BCUT2D eigenvalue weighted by Crippen LogP contribution is -2.50. The van der Waals surface area contributed by atoms with Crippen molar-refractivity contribution in [2.75, 3.05) is 19.7 Å². The summed E-state index contributed by atoms with van der Waals surface area (Å²) in [6.07, 6.45) is 0.617. The van der Waals surface area contributed by atoms with Gasteiger partial charge in [0, 0.05) is 18.7 Å². The maximum atomic E-state index is 12.3. The monoisotopic (exact) mass is 392 g/mol. The minimum Gasteiger partial charge on any atom is -0.445 e. The van der Waals surface area contributed by atoms with E-state index in [0.717, 1.165) is 0 Å². The molecule has 150 valence electrons. The van der Waals surface area contributed by atoms with Crippen LogP contribution in [0.2, 0.25) is 18.1 Å². The Morgan fingerprint density at radius 3 is 2.30 bits per heavy atom. The molecule has 27 heavy (non-hydrogen) atoms. The van der Waals surface area contributed by atoms with Gasteiger partial charge < -0.3 is 19.8 Å². The van der Waals surface area contributed by atoms with Crippen LogP contribution in [0.15, 0.2) is 43.0 Å². The van der Waals surface area contributed by atoms with E-state index in [-0.39, 0.29) is 30.2 Å². The van der Waals surface area contributed by atoms with E-state index in [0.29, 0.717) is 12.1 Å². The van der Waals surface area contributed by atoms with Crippen LogP contribution in [0.25, 0.3) is 0 Å². The predicted molar refractivity (Wildman–Crippen MR) is 110 cm³/mol. The molecule has 2 N–H and O–H groups in total. The fraction of sp³-hybridized carbons (Fsp3) is 0.500. The van der Waals surface area contributed by atoms with Crippen LogP contribution in [0.5, 0.6) is 0 Å². The highest BCUT2D eigenvalue weighted by atomic mass is 28.4. The lowest BCUT2D eigenvalue weighted by Gasteiger charge is -2.39. The summed E-state index contributed by atoms with van der Waals surface area (Å²) < 4.78 is 11.3. The number of hydrogen-bond donors (Lipinski definition) is 2. The number of carbonyl (C=O) groups is 2. The first kappa shape index (κ1) is 22.9. The molecule has 0 aliphatic heterocycles. The summed E-state index contributed by atoms with van der Waals surface area (Å²) in [6.45, 7) is 14.9. The number of hydrogen-bond acceptors (Lipinski definition) is 4. The first-order valence-corrected chi connectivity index (χ1v) is 12.0. The Bertz CT molecular complexity index is 627. The number of carbonyl (C=O) groups excluding carboxylic acids is 2. The number of alkyl carbamates (subject to hydrolysis) is 1. The van der Waals surface area contributed by atoms with E-state index in [1.54, 1.807) is 12.1 Å². The van der Waals surface area contributed by atoms with Gasteiger partial charge in [0.25, 0.3) is 5.91 Å². The molecular weight excluding hydrogens is 360 g/mol. The van der Waals surface area contributed by atoms with E-state index in [2.05, 4.69) is 51.1 Å². The summed E-state index contributed by atoms with van der Waals surface area (Å²) in [7, 11) is -2.08. The van der Waals surface area contributed by atoms with E-state index >= 15 is 0 Å². The number of ether oxygens (including phenoxy) is 1. The summed E-state index contributed by atoms with van der Waals surface area (Å²) in [5.74, 6) is -0.173. The molecule has 7 heteroatoms. The third-order valence-corrected chi connectivity index (χ3v) is 9.14. The van der Waals surface area contributed by atoms with Gasteiger partial charge in [-0.2, -0.15) is 0 Å². The van der Waals surface area contributed by atoms with E-state index in [9.17, 15) is 9.59 Å². The third kappa shape index (κ3) is 7.97. The zero-order valence-corrected chi connectivity index (χ0v) is 18.0. The number of rotatable bonds is 9. The minimum absolute atomic E-state index is 0.0119. The molecule has 0 aliphatic rings. The minimum atomic E-state index is -2.08. The molecule has 1 rings (SSSR count). The first-order valence-electron chi connectivity index (χ1n) is 9.09. The van der Waals surface area contributed by atoms with Crippen LogP contribution in [0.3, 0.4) is 0 Å². The lowest BCUT2D eigenvalue weighted by atomic mass is 10.2. The van der Waals surface area contributed by atoms with Gasteiger partial charge in [0.05, 0.1) is 6.10 Å². The molecule has 0 heterocycles. The summed E-state index contributed by atoms with van der Waals surface area (Å²) in [6, 6.07) is 9.00. The van der Waals surface area contributed by atoms with Crippen molar-refractivity contribution in [3.05, 3.63) is 48.6 Å². The lowest BCUT2D eigenvalue weighted by molar-refractivity contribution is 0.0919. The second-order valence-corrected chi connectivity index (χ2v) is 12.6. The molecule has 6 nitrogen and oxygen atoms in total. The second kappa shape index (κ2) is 10.3. The molecule has 0 saturated carbocycles. The number of nitrogens with one attached hydrogen (secondary N) is 2. The smallest absolute Gasteiger partial charge is 0.407 e. The van der Waals surface area contributed by atoms with Crippen molar-refractivity contribution in [1.29, 1.82) is 0 Å². The molecular formula is C20H32N2O4Si. The van der Waals surface area contributed by atoms with Crippen LogP contribution in [-0.2, 0) is 9.16 Å². The highest BCUT2D eigenvalue weighted by Crippen LogP contribution is 2.37. The van der Waals surface area contributed by atoms with E-state index in [4.69, 9.17) is 9.16 Å². The van der Waals surface area contributed by atoms with E-state index < -0.39 is 14.4 Å². The fourth-order valence-electron chi connectivity index (χ4n) is 2.03. The average Bonchev–Trinajstić information content (AvgIpc) is 2.61. The van der Waals surface area contributed by atoms with E-state index in [1.165, 1.54) is 6.08 Å². The largest absolute Gasteiger partial charge is 0.445 e. The standard InChI is InChI=1S/C20H32N2O4Si/c1-7-13-25-19(24)22-15-17(26-27(5,6)20(2,3)4)14-21-18(23)16-11-9-8-10-12-16/h7-12,17H,1,13-15H2,2-6H3,(H,21,23)(H,22,24)/t17-/m1/s1. The molecule has 0 spiro atoms. The normalized spacial score (nSPS) is 12.8. The molecule has 0 unspecified atom stereocenters. The number of benzene rings is 1. The van der Waals surface area contributed by atoms with Crippen molar-refractivity contribution < 1.29 is 18.8 Å². The van der Waals surface area contributed by atoms with Crippen molar-refractivity contribution >= 4 is 20.3 Å². The van der Waals surface area contributed by atoms with Gasteiger partial charge in [0.15, 0.2) is 8.32 Å². The van der Waals surface area contributed by atoms with Crippen LogP contribution >= 0.6 is 0 Å². The Morgan fingerprint density at radius 1 is 1.15 bits per heavy atom. The topological polar surface area (TPSA) is 76.7 Å². The van der Waals surface area contributed by atoms with Gasteiger partial charge in [-0.3, -0.25) is 4.79 Å². The molecule has 0 bridgehead atoms. The van der Waals surface area contributed by atoms with Crippen molar-refractivity contribution in [2.24, 2.45) is 0 Å². The molecule has 0 saturated heterocycles. The fourth-order valence-corrected chi connectivity index (χ4v) is 3.38. The molecule has 0 radical (unpaired) electrons. The van der Waals surface area contributed by atoms with E-state index in [1.807, 2.05) is 18.2 Å².